The second-order valence-electron chi connectivity index (χ2n) is 11.6. The number of methoxy groups -OCH3 is 1. The van der Waals surface area contributed by atoms with Crippen LogP contribution in [0.2, 0.25) is 0 Å². The molecule has 4 aliphatic rings. The van der Waals surface area contributed by atoms with Crippen molar-refractivity contribution in [3.8, 4) is 0 Å². The van der Waals surface area contributed by atoms with Crippen LogP contribution in [-0.4, -0.2) is 35.5 Å². The molecule has 2 N–H and O–H groups in total. The van der Waals surface area contributed by atoms with E-state index < -0.39 is 5.97 Å². The Bertz CT molecular complexity index is 620. The Kier molecular flexibility index (Phi) is 5.83. The quantitative estimate of drug-likeness (QED) is 0.664. The Balaban J connectivity index is 1.54. The molecule has 4 fully saturated rings. The fraction of sp³-hybridized carbons (Fsp3) is 0.960. The topological polar surface area (TPSA) is 66.8 Å². The van der Waals surface area contributed by atoms with Gasteiger partial charge in [0.1, 0.15) is 0 Å². The largest absolute Gasteiger partial charge is 0.481 e. The summed E-state index contributed by atoms with van der Waals surface area (Å²) in [5, 5.41) is 20.5. The van der Waals surface area contributed by atoms with Crippen LogP contribution in [0.5, 0.6) is 0 Å². The lowest BCUT2D eigenvalue weighted by atomic mass is 9.43. The van der Waals surface area contributed by atoms with Crippen molar-refractivity contribution in [2.45, 2.75) is 97.2 Å². The summed E-state index contributed by atoms with van der Waals surface area (Å²) in [5.74, 6) is 2.66. The third-order valence-electron chi connectivity index (χ3n) is 10.5. The molecule has 0 radical (unpaired) electrons. The van der Waals surface area contributed by atoms with Crippen LogP contribution in [0.4, 0.5) is 0 Å². The molecular formula is C25H42O4. The molecule has 0 amide bonds. The van der Waals surface area contributed by atoms with E-state index in [1.807, 2.05) is 7.11 Å². The number of aliphatic hydroxyl groups is 1. The van der Waals surface area contributed by atoms with Crippen molar-refractivity contribution < 1.29 is 19.7 Å². The lowest BCUT2D eigenvalue weighted by Gasteiger charge is -2.62. The number of rotatable bonds is 5. The van der Waals surface area contributed by atoms with Crippen LogP contribution in [0.15, 0.2) is 0 Å². The summed E-state index contributed by atoms with van der Waals surface area (Å²) < 4.78 is 5.70. The summed E-state index contributed by atoms with van der Waals surface area (Å²) >= 11 is 0. The van der Waals surface area contributed by atoms with Crippen LogP contribution < -0.4 is 0 Å². The molecule has 0 aromatic carbocycles. The van der Waals surface area contributed by atoms with Gasteiger partial charge in [-0.2, -0.15) is 0 Å². The molecule has 0 heterocycles. The van der Waals surface area contributed by atoms with Gasteiger partial charge < -0.3 is 14.9 Å². The van der Waals surface area contributed by atoms with Crippen LogP contribution in [0, 0.1) is 46.3 Å². The van der Waals surface area contributed by atoms with Gasteiger partial charge in [-0.25, -0.2) is 0 Å². The number of hydrogen-bond acceptors (Lipinski definition) is 3. The van der Waals surface area contributed by atoms with Crippen molar-refractivity contribution in [2.75, 3.05) is 7.11 Å². The molecule has 4 nitrogen and oxygen atoms in total. The van der Waals surface area contributed by atoms with E-state index in [2.05, 4.69) is 20.8 Å². The summed E-state index contributed by atoms with van der Waals surface area (Å²) in [6, 6.07) is 0. The zero-order valence-corrected chi connectivity index (χ0v) is 18.9. The van der Waals surface area contributed by atoms with Crippen LogP contribution in [0.1, 0.15) is 85.0 Å². The van der Waals surface area contributed by atoms with Gasteiger partial charge in [0.2, 0.25) is 0 Å². The number of ether oxygens (including phenoxy) is 1. The molecule has 4 aliphatic carbocycles. The van der Waals surface area contributed by atoms with Crippen molar-refractivity contribution in [3.05, 3.63) is 0 Å². The first-order chi connectivity index (χ1) is 13.7. The van der Waals surface area contributed by atoms with Crippen molar-refractivity contribution in [1.29, 1.82) is 0 Å². The maximum atomic E-state index is 11.4. The zero-order valence-electron chi connectivity index (χ0n) is 18.9. The summed E-state index contributed by atoms with van der Waals surface area (Å²) in [4.78, 5) is 11.1. The lowest BCUT2D eigenvalue weighted by Crippen LogP contribution is -2.58. The van der Waals surface area contributed by atoms with Crippen molar-refractivity contribution in [2.24, 2.45) is 46.3 Å². The highest BCUT2D eigenvalue weighted by Crippen LogP contribution is 2.68. The average molecular weight is 407 g/mol. The molecule has 0 spiro atoms. The summed E-state index contributed by atoms with van der Waals surface area (Å²) in [6.07, 6.45) is 10.7. The normalized spacial score (nSPS) is 50.3. The van der Waals surface area contributed by atoms with E-state index >= 15 is 0 Å². The Morgan fingerprint density at radius 3 is 2.45 bits per heavy atom. The third-order valence-corrected chi connectivity index (χ3v) is 10.5. The zero-order chi connectivity index (χ0) is 21.0. The predicted molar refractivity (Wildman–Crippen MR) is 113 cm³/mol. The highest BCUT2D eigenvalue weighted by atomic mass is 16.5. The number of carbonyl (C=O) groups is 1. The number of carboxylic acids is 1. The molecule has 0 aromatic heterocycles. The Morgan fingerprint density at radius 1 is 1.07 bits per heavy atom. The highest BCUT2D eigenvalue weighted by Gasteiger charge is 2.62. The summed E-state index contributed by atoms with van der Waals surface area (Å²) in [5.41, 5.74) is 0.625. The summed E-state index contributed by atoms with van der Waals surface area (Å²) in [7, 11) is 1.84. The molecule has 0 bridgehead atoms. The fourth-order valence-corrected chi connectivity index (χ4v) is 8.93. The maximum Gasteiger partial charge on any atom is 0.303 e. The smallest absolute Gasteiger partial charge is 0.303 e. The third kappa shape index (κ3) is 3.46. The van der Waals surface area contributed by atoms with Gasteiger partial charge in [0.25, 0.3) is 0 Å². The second kappa shape index (κ2) is 7.82. The van der Waals surface area contributed by atoms with Gasteiger partial charge in [-0.15, -0.1) is 0 Å². The van der Waals surface area contributed by atoms with E-state index in [1.54, 1.807) is 0 Å². The van der Waals surface area contributed by atoms with Gasteiger partial charge in [-0.3, -0.25) is 4.79 Å². The Morgan fingerprint density at radius 2 is 1.76 bits per heavy atom. The number of fused-ring (bicyclic) bond motifs is 5. The number of aliphatic carboxylic acids is 1. The molecule has 10 atom stereocenters. The monoisotopic (exact) mass is 406 g/mol. The van der Waals surface area contributed by atoms with E-state index in [1.165, 1.54) is 38.5 Å². The first-order valence-corrected chi connectivity index (χ1v) is 12.1. The minimum Gasteiger partial charge on any atom is -0.481 e. The molecule has 4 saturated carbocycles. The second-order valence-corrected chi connectivity index (χ2v) is 11.6. The number of aliphatic hydroxyl groups excluding tert-OH is 1. The molecule has 29 heavy (non-hydrogen) atoms. The van der Waals surface area contributed by atoms with Gasteiger partial charge in [0, 0.05) is 13.5 Å². The van der Waals surface area contributed by atoms with Gasteiger partial charge in [-0.1, -0.05) is 20.8 Å². The molecule has 0 saturated heterocycles. The SMILES string of the molecule is CO[C@@H]1CC[C@]2(C)C3CC[C@@]4(C)C(CCC4[C@@H](C)CCC(=O)O)C3[C@H](O)C[C@@H]2C1. The average Bonchev–Trinajstić information content (AvgIpc) is 3.03. The van der Waals surface area contributed by atoms with Gasteiger partial charge in [-0.05, 0) is 104 Å². The lowest BCUT2D eigenvalue weighted by molar-refractivity contribution is -0.176. The van der Waals surface area contributed by atoms with E-state index in [9.17, 15) is 9.90 Å². The minimum atomic E-state index is -0.673. The van der Waals surface area contributed by atoms with Gasteiger partial charge in [0.15, 0.2) is 0 Å². The molecule has 0 aromatic rings. The van der Waals surface area contributed by atoms with E-state index in [4.69, 9.17) is 9.84 Å². The van der Waals surface area contributed by atoms with E-state index in [0.717, 1.165) is 19.3 Å². The molecule has 4 rings (SSSR count). The van der Waals surface area contributed by atoms with Gasteiger partial charge >= 0.3 is 5.97 Å². The van der Waals surface area contributed by atoms with Crippen molar-refractivity contribution in [3.63, 3.8) is 0 Å². The molecule has 4 unspecified atom stereocenters. The van der Waals surface area contributed by atoms with Crippen LogP contribution >= 0.6 is 0 Å². The number of hydrogen-bond donors (Lipinski definition) is 2. The fourth-order valence-electron chi connectivity index (χ4n) is 8.93. The van der Waals surface area contributed by atoms with Crippen molar-refractivity contribution in [1.82, 2.24) is 0 Å². The minimum absolute atomic E-state index is 0.175. The molecule has 0 aliphatic heterocycles. The standard InChI is InChI=1S/C25H42O4/c1-15(5-8-22(27)28)18-6-7-19-23-20(10-12-25(18,19)3)24(2)11-9-17(29-4)13-16(24)14-21(23)26/h15-21,23,26H,5-14H2,1-4H3,(H,27,28)/t15-,16-,17+,18?,19?,20?,21+,23?,24-,25+/m0/s1. The van der Waals surface area contributed by atoms with Crippen LogP contribution in [-0.2, 0) is 9.53 Å². The molecule has 166 valence electrons. The first-order valence-electron chi connectivity index (χ1n) is 12.1. The molecular weight excluding hydrogens is 364 g/mol. The highest BCUT2D eigenvalue weighted by molar-refractivity contribution is 5.66. The van der Waals surface area contributed by atoms with Crippen LogP contribution in [0.25, 0.3) is 0 Å². The summed E-state index contributed by atoms with van der Waals surface area (Å²) in [6.45, 7) is 7.28. The number of carboxylic acid groups (broad SMARTS) is 1. The van der Waals surface area contributed by atoms with Crippen LogP contribution in [0.3, 0.4) is 0 Å². The van der Waals surface area contributed by atoms with E-state index in [-0.39, 0.29) is 17.9 Å². The maximum absolute atomic E-state index is 11.4. The predicted octanol–water partition coefficient (Wildman–Crippen LogP) is 5.13. The van der Waals surface area contributed by atoms with Gasteiger partial charge in [0.05, 0.1) is 12.2 Å². The van der Waals surface area contributed by atoms with Crippen molar-refractivity contribution >= 4 is 5.97 Å². The molecule has 4 heteroatoms. The van der Waals surface area contributed by atoms with E-state index in [0.29, 0.717) is 47.0 Å². The Labute approximate surface area is 176 Å². The Hall–Kier alpha value is -0.610. The first kappa shape index (κ1) is 21.6.